The second-order valence-corrected chi connectivity index (χ2v) is 8.27. The number of alkyl halides is 2. The summed E-state index contributed by atoms with van der Waals surface area (Å²) in [5.41, 5.74) is 3.60. The van der Waals surface area contributed by atoms with Crippen LogP contribution in [0.5, 0.6) is 0 Å². The number of carboxylic acids is 1. The van der Waals surface area contributed by atoms with Crippen LogP contribution < -0.4 is 0 Å². The van der Waals surface area contributed by atoms with Crippen LogP contribution in [-0.4, -0.2) is 28.9 Å². The molecule has 2 N–H and O–H groups in total. The van der Waals surface area contributed by atoms with Gasteiger partial charge < -0.3 is 10.2 Å². The number of aliphatic hydroxyl groups excluding tert-OH is 1. The summed E-state index contributed by atoms with van der Waals surface area (Å²) in [6.45, 7) is 0. The van der Waals surface area contributed by atoms with E-state index >= 15 is 0 Å². The van der Waals surface area contributed by atoms with Crippen LogP contribution in [0.1, 0.15) is 22.0 Å². The Morgan fingerprint density at radius 1 is 0.844 bits per heavy atom. The van der Waals surface area contributed by atoms with Crippen LogP contribution in [0.2, 0.25) is 0 Å². The Labute approximate surface area is 188 Å². The van der Waals surface area contributed by atoms with Gasteiger partial charge in [0.1, 0.15) is 6.10 Å². The zero-order chi connectivity index (χ0) is 22.8. The summed E-state index contributed by atoms with van der Waals surface area (Å²) in [6, 6.07) is 23.3. The van der Waals surface area contributed by atoms with E-state index in [-0.39, 0.29) is 11.1 Å². The van der Waals surface area contributed by atoms with E-state index in [9.17, 15) is 23.8 Å². The predicted octanol–water partition coefficient (Wildman–Crippen LogP) is 6.89. The number of aromatic carboxylic acids is 1. The summed E-state index contributed by atoms with van der Waals surface area (Å²) >= 11 is 1.66. The number of fused-ring (bicyclic) bond motifs is 1. The number of thioether (sulfide) groups is 1. The first-order valence-corrected chi connectivity index (χ1v) is 11.1. The highest BCUT2D eigenvalue weighted by Gasteiger charge is 2.19. The number of benzene rings is 4. The monoisotopic (exact) mass is 450 g/mol. The van der Waals surface area contributed by atoms with Gasteiger partial charge in [-0.3, -0.25) is 0 Å². The summed E-state index contributed by atoms with van der Waals surface area (Å²) in [4.78, 5) is 12.9. The third-order valence-corrected chi connectivity index (χ3v) is 6.17. The molecular formula is C26H20F2O3S. The highest BCUT2D eigenvalue weighted by atomic mass is 32.2. The van der Waals surface area contributed by atoms with E-state index < -0.39 is 18.5 Å². The number of hydrogen-bond donors (Lipinski definition) is 2. The van der Waals surface area contributed by atoms with Gasteiger partial charge in [0.15, 0.2) is 0 Å². The maximum atomic E-state index is 12.8. The largest absolute Gasteiger partial charge is 0.478 e. The normalized spacial score (nSPS) is 12.3. The van der Waals surface area contributed by atoms with Crippen LogP contribution in [0.25, 0.3) is 33.0 Å². The Morgan fingerprint density at radius 2 is 1.47 bits per heavy atom. The van der Waals surface area contributed by atoms with E-state index in [1.165, 1.54) is 12.1 Å². The Morgan fingerprint density at radius 3 is 2.06 bits per heavy atom. The maximum Gasteiger partial charge on any atom is 0.335 e. The van der Waals surface area contributed by atoms with Gasteiger partial charge >= 0.3 is 5.97 Å². The topological polar surface area (TPSA) is 57.5 Å². The third-order valence-electron chi connectivity index (χ3n) is 5.42. The van der Waals surface area contributed by atoms with Crippen molar-refractivity contribution in [2.75, 3.05) is 6.26 Å². The lowest BCUT2D eigenvalue weighted by Gasteiger charge is -2.13. The Bertz CT molecular complexity index is 1270. The van der Waals surface area contributed by atoms with Crippen LogP contribution in [0.4, 0.5) is 8.78 Å². The molecule has 0 amide bonds. The highest BCUT2D eigenvalue weighted by Crippen LogP contribution is 2.34. The zero-order valence-electron chi connectivity index (χ0n) is 17.1. The highest BCUT2D eigenvalue weighted by molar-refractivity contribution is 7.98. The van der Waals surface area contributed by atoms with Crippen LogP contribution >= 0.6 is 11.8 Å². The van der Waals surface area contributed by atoms with Gasteiger partial charge in [-0.05, 0) is 75.2 Å². The summed E-state index contributed by atoms with van der Waals surface area (Å²) in [7, 11) is 0. The van der Waals surface area contributed by atoms with Crippen molar-refractivity contribution in [2.24, 2.45) is 0 Å². The van der Waals surface area contributed by atoms with E-state index in [1.807, 2.05) is 48.7 Å². The molecule has 4 rings (SSSR count). The zero-order valence-corrected chi connectivity index (χ0v) is 17.9. The summed E-state index contributed by atoms with van der Waals surface area (Å²) < 4.78 is 25.6. The summed E-state index contributed by atoms with van der Waals surface area (Å²) in [6.07, 6.45) is -2.72. The van der Waals surface area contributed by atoms with Crippen molar-refractivity contribution in [1.29, 1.82) is 0 Å². The predicted molar refractivity (Wildman–Crippen MR) is 125 cm³/mol. The van der Waals surface area contributed by atoms with E-state index in [4.69, 9.17) is 0 Å². The number of halogens is 2. The molecule has 0 saturated carbocycles. The molecule has 0 bridgehead atoms. The molecule has 32 heavy (non-hydrogen) atoms. The smallest absolute Gasteiger partial charge is 0.335 e. The van der Waals surface area contributed by atoms with E-state index in [1.54, 1.807) is 36.0 Å². The molecule has 0 radical (unpaired) electrons. The molecule has 0 saturated heterocycles. The molecule has 6 heteroatoms. The molecule has 0 aliphatic rings. The molecule has 0 spiro atoms. The molecule has 3 nitrogen and oxygen atoms in total. The number of hydrogen-bond acceptors (Lipinski definition) is 3. The Hall–Kier alpha value is -3.22. The quantitative estimate of drug-likeness (QED) is 0.314. The van der Waals surface area contributed by atoms with Crippen LogP contribution in [0.15, 0.2) is 83.8 Å². The molecule has 4 aromatic carbocycles. The number of aliphatic hydroxyl groups is 1. The minimum absolute atomic E-state index is 0.110. The summed E-state index contributed by atoms with van der Waals surface area (Å²) in [5, 5.41) is 20.8. The molecule has 1 atom stereocenters. The molecule has 0 fully saturated rings. The first kappa shape index (κ1) is 22.0. The fourth-order valence-corrected chi connectivity index (χ4v) is 4.11. The number of rotatable bonds is 6. The molecule has 0 aliphatic heterocycles. The fourth-order valence-electron chi connectivity index (χ4n) is 3.70. The SMILES string of the molecule is CSc1ccc(-c2ccc3c(-c4ccc(C(O)C(F)F)cc4)cc(C(=O)O)cc3c2)cc1. The molecule has 0 aliphatic carbocycles. The maximum absolute atomic E-state index is 12.8. The van der Waals surface area contributed by atoms with Crippen molar-refractivity contribution >= 4 is 28.5 Å². The van der Waals surface area contributed by atoms with Crippen LogP contribution in [-0.2, 0) is 0 Å². The van der Waals surface area contributed by atoms with Crippen molar-refractivity contribution in [3.8, 4) is 22.3 Å². The molecule has 4 aromatic rings. The molecular weight excluding hydrogens is 430 g/mol. The second-order valence-electron chi connectivity index (χ2n) is 7.39. The van der Waals surface area contributed by atoms with Gasteiger partial charge in [-0.15, -0.1) is 11.8 Å². The van der Waals surface area contributed by atoms with Crippen molar-refractivity contribution in [3.63, 3.8) is 0 Å². The second kappa shape index (κ2) is 9.10. The standard InChI is InChI=1S/C26H20F2O3S/c1-32-21-9-6-15(7-10-21)18-8-11-22-19(12-18)13-20(26(30)31)14-23(22)16-2-4-17(5-3-16)24(29)25(27)28/h2-14,24-25,29H,1H3,(H,30,31). The average molecular weight is 451 g/mol. The molecule has 0 aromatic heterocycles. The third kappa shape index (κ3) is 4.38. The molecule has 162 valence electrons. The lowest BCUT2D eigenvalue weighted by Crippen LogP contribution is -2.07. The first-order chi connectivity index (χ1) is 15.4. The average Bonchev–Trinajstić information content (AvgIpc) is 2.82. The van der Waals surface area contributed by atoms with Gasteiger partial charge in [-0.25, -0.2) is 13.6 Å². The first-order valence-electron chi connectivity index (χ1n) is 9.89. The van der Waals surface area contributed by atoms with E-state index in [0.29, 0.717) is 11.1 Å². The van der Waals surface area contributed by atoms with Crippen molar-refractivity contribution in [2.45, 2.75) is 17.4 Å². The summed E-state index contributed by atoms with van der Waals surface area (Å²) in [5.74, 6) is -1.05. The lowest BCUT2D eigenvalue weighted by molar-refractivity contribution is -0.00577. The van der Waals surface area contributed by atoms with E-state index in [2.05, 4.69) is 0 Å². The van der Waals surface area contributed by atoms with Gasteiger partial charge in [0.25, 0.3) is 6.43 Å². The number of carboxylic acid groups (broad SMARTS) is 1. The lowest BCUT2D eigenvalue weighted by atomic mass is 9.92. The molecule has 1 unspecified atom stereocenters. The number of carbonyl (C=O) groups is 1. The van der Waals surface area contributed by atoms with Crippen molar-refractivity contribution in [3.05, 3.63) is 90.0 Å². The molecule has 0 heterocycles. The minimum Gasteiger partial charge on any atom is -0.478 e. The van der Waals surface area contributed by atoms with Gasteiger partial charge in [-0.1, -0.05) is 48.5 Å². The fraction of sp³-hybridized carbons (Fsp3) is 0.115. The Balaban J connectivity index is 1.82. The Kier molecular flexibility index (Phi) is 6.26. The van der Waals surface area contributed by atoms with Crippen molar-refractivity contribution < 1.29 is 23.8 Å². The van der Waals surface area contributed by atoms with Crippen molar-refractivity contribution in [1.82, 2.24) is 0 Å². The van der Waals surface area contributed by atoms with Gasteiger partial charge in [0.2, 0.25) is 0 Å². The minimum atomic E-state index is -2.87. The van der Waals surface area contributed by atoms with E-state index in [0.717, 1.165) is 26.8 Å². The van der Waals surface area contributed by atoms with Gasteiger partial charge in [0, 0.05) is 4.90 Å². The van der Waals surface area contributed by atoms with Crippen LogP contribution in [0.3, 0.4) is 0 Å². The van der Waals surface area contributed by atoms with Gasteiger partial charge in [-0.2, -0.15) is 0 Å². The van der Waals surface area contributed by atoms with Gasteiger partial charge in [0.05, 0.1) is 5.56 Å². The van der Waals surface area contributed by atoms with Crippen LogP contribution in [0, 0.1) is 0 Å².